The molecule has 0 radical (unpaired) electrons. The summed E-state index contributed by atoms with van der Waals surface area (Å²) < 4.78 is 10.7. The number of amides is 1. The van der Waals surface area contributed by atoms with Crippen LogP contribution in [0, 0.1) is 5.92 Å². The summed E-state index contributed by atoms with van der Waals surface area (Å²) in [5.41, 5.74) is 0. The van der Waals surface area contributed by atoms with Crippen molar-refractivity contribution in [1.29, 1.82) is 0 Å². The van der Waals surface area contributed by atoms with E-state index in [1.165, 1.54) is 0 Å². The Hall–Kier alpha value is -1.47. The molecule has 2 fully saturated rings. The molecule has 3 rings (SSSR count). The monoisotopic (exact) mass is 322 g/mol. The lowest BCUT2D eigenvalue weighted by Gasteiger charge is -2.37. The number of hydrogen-bond donors (Lipinski definition) is 0. The van der Waals surface area contributed by atoms with Gasteiger partial charge in [-0.2, -0.15) is 4.98 Å². The minimum Gasteiger partial charge on any atom is -0.378 e. The summed E-state index contributed by atoms with van der Waals surface area (Å²) in [6.07, 6.45) is 2.76. The van der Waals surface area contributed by atoms with Gasteiger partial charge in [-0.15, -0.1) is 0 Å². The molecule has 1 aromatic rings. The molecule has 2 aliphatic heterocycles. The van der Waals surface area contributed by atoms with Gasteiger partial charge in [0.05, 0.1) is 25.2 Å². The van der Waals surface area contributed by atoms with Crippen molar-refractivity contribution in [2.75, 3.05) is 39.4 Å². The number of ether oxygens (including phenoxy) is 1. The predicted molar refractivity (Wildman–Crippen MR) is 83.8 cm³/mol. The third-order valence-corrected chi connectivity index (χ3v) is 4.83. The Morgan fingerprint density at radius 1 is 1.35 bits per heavy atom. The van der Waals surface area contributed by atoms with E-state index in [1.54, 1.807) is 0 Å². The van der Waals surface area contributed by atoms with Gasteiger partial charge in [0.25, 0.3) is 0 Å². The molecule has 0 saturated carbocycles. The molecule has 3 heterocycles. The second kappa shape index (κ2) is 7.40. The molecule has 0 aliphatic carbocycles. The number of nitrogens with zero attached hydrogens (tertiary/aromatic N) is 4. The van der Waals surface area contributed by atoms with Gasteiger partial charge in [0.1, 0.15) is 0 Å². The Morgan fingerprint density at radius 3 is 2.83 bits per heavy atom. The van der Waals surface area contributed by atoms with E-state index >= 15 is 0 Å². The second-order valence-corrected chi connectivity index (χ2v) is 6.35. The predicted octanol–water partition coefficient (Wildman–Crippen LogP) is 1.26. The summed E-state index contributed by atoms with van der Waals surface area (Å²) in [6, 6.07) is 0.0584. The van der Waals surface area contributed by atoms with Gasteiger partial charge in [0.15, 0.2) is 5.82 Å². The first-order valence-electron chi connectivity index (χ1n) is 8.62. The normalized spacial score (nSPS) is 24.6. The largest absolute Gasteiger partial charge is 0.378 e. The van der Waals surface area contributed by atoms with Gasteiger partial charge in [0.2, 0.25) is 11.8 Å². The molecule has 1 amide bonds. The third-order valence-electron chi connectivity index (χ3n) is 4.83. The molecule has 0 N–H and O–H groups in total. The fourth-order valence-electron chi connectivity index (χ4n) is 3.34. The maximum Gasteiger partial charge on any atom is 0.243 e. The highest BCUT2D eigenvalue weighted by atomic mass is 16.5. The van der Waals surface area contributed by atoms with Gasteiger partial charge < -0.3 is 14.2 Å². The van der Waals surface area contributed by atoms with E-state index in [2.05, 4.69) is 22.0 Å². The van der Waals surface area contributed by atoms with E-state index in [4.69, 9.17) is 9.26 Å². The molecule has 0 aromatic carbocycles. The SMILES string of the molecule is CCc1noc(C(C)N2CCCC(C(=O)N3CCOCC3)C2)n1. The molecular weight excluding hydrogens is 296 g/mol. The van der Waals surface area contributed by atoms with E-state index in [9.17, 15) is 4.79 Å². The minimum atomic E-state index is 0.0584. The van der Waals surface area contributed by atoms with Crippen molar-refractivity contribution in [3.63, 3.8) is 0 Å². The van der Waals surface area contributed by atoms with Crippen LogP contribution in [0.3, 0.4) is 0 Å². The first kappa shape index (κ1) is 16.4. The van der Waals surface area contributed by atoms with Crippen LogP contribution >= 0.6 is 0 Å². The fourth-order valence-corrected chi connectivity index (χ4v) is 3.34. The van der Waals surface area contributed by atoms with E-state index in [0.717, 1.165) is 38.2 Å². The zero-order valence-electron chi connectivity index (χ0n) is 14.0. The van der Waals surface area contributed by atoms with Gasteiger partial charge in [-0.25, -0.2) is 0 Å². The van der Waals surface area contributed by atoms with Crippen LogP contribution in [0.4, 0.5) is 0 Å². The molecular formula is C16H26N4O3. The van der Waals surface area contributed by atoms with E-state index in [0.29, 0.717) is 32.2 Å². The van der Waals surface area contributed by atoms with Crippen LogP contribution in [0.1, 0.15) is 44.4 Å². The molecule has 7 nitrogen and oxygen atoms in total. The van der Waals surface area contributed by atoms with Gasteiger partial charge in [0, 0.05) is 26.1 Å². The van der Waals surface area contributed by atoms with E-state index < -0.39 is 0 Å². The average Bonchev–Trinajstić information content (AvgIpc) is 3.10. The number of hydrogen-bond acceptors (Lipinski definition) is 6. The Labute approximate surface area is 137 Å². The van der Waals surface area contributed by atoms with Crippen molar-refractivity contribution in [2.24, 2.45) is 5.92 Å². The molecule has 0 spiro atoms. The van der Waals surface area contributed by atoms with Crippen molar-refractivity contribution in [2.45, 2.75) is 39.2 Å². The summed E-state index contributed by atoms with van der Waals surface area (Å²) in [4.78, 5) is 21.4. The Morgan fingerprint density at radius 2 is 2.13 bits per heavy atom. The summed E-state index contributed by atoms with van der Waals surface area (Å²) in [5.74, 6) is 1.73. The molecule has 1 aromatic heterocycles. The lowest BCUT2D eigenvalue weighted by atomic mass is 9.95. The summed E-state index contributed by atoms with van der Waals surface area (Å²) in [7, 11) is 0. The topological polar surface area (TPSA) is 71.7 Å². The van der Waals surface area contributed by atoms with Crippen LogP contribution in [-0.4, -0.2) is 65.2 Å². The zero-order chi connectivity index (χ0) is 16.2. The lowest BCUT2D eigenvalue weighted by Crippen LogP contribution is -2.48. The zero-order valence-corrected chi connectivity index (χ0v) is 14.0. The first-order valence-corrected chi connectivity index (χ1v) is 8.62. The lowest BCUT2D eigenvalue weighted by molar-refractivity contribution is -0.141. The van der Waals surface area contributed by atoms with Crippen molar-refractivity contribution < 1.29 is 14.1 Å². The summed E-state index contributed by atoms with van der Waals surface area (Å²) in [5, 5.41) is 3.98. The van der Waals surface area contributed by atoms with Crippen molar-refractivity contribution in [1.82, 2.24) is 19.9 Å². The Bertz CT molecular complexity index is 527. The number of morpholine rings is 1. The van der Waals surface area contributed by atoms with Crippen LogP contribution in [0.15, 0.2) is 4.52 Å². The van der Waals surface area contributed by atoms with E-state index in [1.807, 2.05) is 11.8 Å². The van der Waals surface area contributed by atoms with Crippen molar-refractivity contribution in [3.05, 3.63) is 11.7 Å². The van der Waals surface area contributed by atoms with Gasteiger partial charge in [-0.05, 0) is 26.3 Å². The number of carbonyl (C=O) groups excluding carboxylic acids is 1. The number of carbonyl (C=O) groups is 1. The number of aromatic nitrogens is 2. The highest BCUT2D eigenvalue weighted by Gasteiger charge is 2.33. The number of piperidine rings is 1. The average molecular weight is 322 g/mol. The molecule has 23 heavy (non-hydrogen) atoms. The quantitative estimate of drug-likeness (QED) is 0.831. The summed E-state index contributed by atoms with van der Waals surface area (Å²) in [6.45, 7) is 8.56. The molecule has 128 valence electrons. The third kappa shape index (κ3) is 3.72. The minimum absolute atomic E-state index is 0.0584. The standard InChI is InChI=1S/C16H26N4O3/c1-3-14-17-15(23-18-14)12(2)20-6-4-5-13(11-20)16(21)19-7-9-22-10-8-19/h12-13H,3-11H2,1-2H3. The Kier molecular flexibility index (Phi) is 5.27. The van der Waals surface area contributed by atoms with Crippen LogP contribution in [0.25, 0.3) is 0 Å². The molecule has 2 saturated heterocycles. The molecule has 2 unspecified atom stereocenters. The summed E-state index contributed by atoms with van der Waals surface area (Å²) >= 11 is 0. The van der Waals surface area contributed by atoms with Crippen LogP contribution < -0.4 is 0 Å². The van der Waals surface area contributed by atoms with Crippen molar-refractivity contribution >= 4 is 5.91 Å². The van der Waals surface area contributed by atoms with Gasteiger partial charge in [-0.1, -0.05) is 12.1 Å². The molecule has 2 aliphatic rings. The first-order chi connectivity index (χ1) is 11.2. The van der Waals surface area contributed by atoms with E-state index in [-0.39, 0.29) is 17.9 Å². The smallest absolute Gasteiger partial charge is 0.243 e. The van der Waals surface area contributed by atoms with Crippen LogP contribution in [-0.2, 0) is 16.0 Å². The van der Waals surface area contributed by atoms with Crippen molar-refractivity contribution in [3.8, 4) is 0 Å². The maximum absolute atomic E-state index is 12.7. The molecule has 2 atom stereocenters. The number of rotatable bonds is 4. The van der Waals surface area contributed by atoms with Gasteiger partial charge in [-0.3, -0.25) is 9.69 Å². The molecule has 0 bridgehead atoms. The number of aryl methyl sites for hydroxylation is 1. The number of likely N-dealkylation sites (tertiary alicyclic amines) is 1. The second-order valence-electron chi connectivity index (χ2n) is 6.35. The van der Waals surface area contributed by atoms with Crippen LogP contribution in [0.2, 0.25) is 0 Å². The maximum atomic E-state index is 12.7. The fraction of sp³-hybridized carbons (Fsp3) is 0.812. The highest BCUT2D eigenvalue weighted by molar-refractivity contribution is 5.79. The van der Waals surface area contributed by atoms with Crippen LogP contribution in [0.5, 0.6) is 0 Å². The Balaban J connectivity index is 1.61. The highest BCUT2D eigenvalue weighted by Crippen LogP contribution is 2.27. The van der Waals surface area contributed by atoms with Gasteiger partial charge >= 0.3 is 0 Å². The molecule has 7 heteroatoms.